The molecule has 5 nitrogen and oxygen atoms in total. The molecule has 7 heteroatoms. The Morgan fingerprint density at radius 3 is 2.43 bits per heavy atom. The number of anilines is 3. The lowest BCUT2D eigenvalue weighted by Gasteiger charge is -2.26. The summed E-state index contributed by atoms with van der Waals surface area (Å²) in [6, 6.07) is 5.98. The highest BCUT2D eigenvalue weighted by Gasteiger charge is 2.15. The molecule has 1 aromatic heterocycles. The Balaban J connectivity index is 1.81. The Morgan fingerprint density at radius 1 is 1.00 bits per heavy atom. The van der Waals surface area contributed by atoms with Crippen molar-refractivity contribution in [2.24, 2.45) is 0 Å². The summed E-state index contributed by atoms with van der Waals surface area (Å²) in [4.78, 5) is 14.7. The van der Waals surface area contributed by atoms with E-state index in [1.54, 1.807) is 12.1 Å². The minimum Gasteiger partial charge on any atom is -0.341 e. The van der Waals surface area contributed by atoms with E-state index in [9.17, 15) is 4.39 Å². The predicted octanol–water partition coefficient (Wildman–Crippen LogP) is 3.40. The van der Waals surface area contributed by atoms with Gasteiger partial charge >= 0.3 is 0 Å². The lowest BCUT2D eigenvalue weighted by Crippen LogP contribution is -2.31. The van der Waals surface area contributed by atoms with Gasteiger partial charge in [-0.3, -0.25) is 0 Å². The van der Waals surface area contributed by atoms with Crippen molar-refractivity contribution in [3.8, 4) is 0 Å². The van der Waals surface area contributed by atoms with Crippen molar-refractivity contribution in [2.75, 3.05) is 23.3 Å². The van der Waals surface area contributed by atoms with Crippen molar-refractivity contribution < 1.29 is 4.39 Å². The van der Waals surface area contributed by atoms with E-state index in [1.165, 1.54) is 18.6 Å². The van der Waals surface area contributed by atoms with E-state index in [1.807, 2.05) is 0 Å². The average molecular weight is 308 g/mol. The topological polar surface area (TPSA) is 53.9 Å². The molecule has 0 radical (unpaired) electrons. The Bertz CT molecular complexity index is 613. The standard InChI is InChI=1S/C14H15ClFN5/c15-12-18-13(17-11-6-4-10(16)5-7-11)20-14(19-12)21-8-2-1-3-9-21/h4-7H,1-3,8-9H2,(H,17,18,19,20). The number of hydrogen-bond donors (Lipinski definition) is 1. The SMILES string of the molecule is Fc1ccc(Nc2nc(Cl)nc(N3CCCCC3)n2)cc1. The normalized spacial score (nSPS) is 15.0. The fourth-order valence-corrected chi connectivity index (χ4v) is 2.45. The third-order valence-electron chi connectivity index (χ3n) is 3.34. The Kier molecular flexibility index (Phi) is 4.15. The lowest BCUT2D eigenvalue weighted by molar-refractivity contribution is 0.567. The van der Waals surface area contributed by atoms with Crippen molar-refractivity contribution in [2.45, 2.75) is 19.3 Å². The second-order valence-corrected chi connectivity index (χ2v) is 5.25. The summed E-state index contributed by atoms with van der Waals surface area (Å²) in [6.07, 6.45) is 3.49. The van der Waals surface area contributed by atoms with E-state index in [-0.39, 0.29) is 11.1 Å². The molecule has 0 atom stereocenters. The van der Waals surface area contributed by atoms with Gasteiger partial charge in [0, 0.05) is 18.8 Å². The zero-order valence-corrected chi connectivity index (χ0v) is 12.1. The van der Waals surface area contributed by atoms with Crippen LogP contribution in [0.1, 0.15) is 19.3 Å². The molecular formula is C14H15ClFN5. The van der Waals surface area contributed by atoms with Gasteiger partial charge in [-0.1, -0.05) is 0 Å². The van der Waals surface area contributed by atoms with Crippen molar-refractivity contribution in [1.82, 2.24) is 15.0 Å². The molecular weight excluding hydrogens is 293 g/mol. The molecule has 0 aliphatic carbocycles. The minimum absolute atomic E-state index is 0.148. The maximum Gasteiger partial charge on any atom is 0.233 e. The predicted molar refractivity (Wildman–Crippen MR) is 80.6 cm³/mol. The van der Waals surface area contributed by atoms with Crippen LogP contribution in [0.15, 0.2) is 24.3 Å². The second kappa shape index (κ2) is 6.22. The van der Waals surface area contributed by atoms with Crippen LogP contribution in [-0.4, -0.2) is 28.0 Å². The van der Waals surface area contributed by atoms with Gasteiger partial charge in [-0.25, -0.2) is 4.39 Å². The van der Waals surface area contributed by atoms with Gasteiger partial charge in [-0.05, 0) is 55.1 Å². The molecule has 21 heavy (non-hydrogen) atoms. The van der Waals surface area contributed by atoms with E-state index < -0.39 is 0 Å². The molecule has 1 aliphatic rings. The van der Waals surface area contributed by atoms with Gasteiger partial charge in [0.25, 0.3) is 0 Å². The van der Waals surface area contributed by atoms with Crippen LogP contribution >= 0.6 is 11.6 Å². The molecule has 0 bridgehead atoms. The van der Waals surface area contributed by atoms with Gasteiger partial charge in [-0.2, -0.15) is 15.0 Å². The summed E-state index contributed by atoms with van der Waals surface area (Å²) in [6.45, 7) is 1.85. The van der Waals surface area contributed by atoms with Gasteiger partial charge in [-0.15, -0.1) is 0 Å². The first-order valence-electron chi connectivity index (χ1n) is 6.90. The third kappa shape index (κ3) is 3.58. The largest absolute Gasteiger partial charge is 0.341 e. The van der Waals surface area contributed by atoms with Gasteiger partial charge < -0.3 is 10.2 Å². The number of rotatable bonds is 3. The molecule has 3 rings (SSSR count). The summed E-state index contributed by atoms with van der Waals surface area (Å²) >= 11 is 5.97. The minimum atomic E-state index is -0.289. The van der Waals surface area contributed by atoms with Crippen LogP contribution in [0.25, 0.3) is 0 Å². The summed E-state index contributed by atoms with van der Waals surface area (Å²) in [5, 5.41) is 3.16. The van der Waals surface area contributed by atoms with Crippen molar-refractivity contribution in [3.63, 3.8) is 0 Å². The van der Waals surface area contributed by atoms with Gasteiger partial charge in [0.05, 0.1) is 0 Å². The highest BCUT2D eigenvalue weighted by Crippen LogP contribution is 2.20. The number of nitrogens with zero attached hydrogens (tertiary/aromatic N) is 4. The zero-order valence-electron chi connectivity index (χ0n) is 11.4. The van der Waals surface area contributed by atoms with Crippen LogP contribution in [0.4, 0.5) is 22.0 Å². The van der Waals surface area contributed by atoms with E-state index in [4.69, 9.17) is 11.6 Å². The van der Waals surface area contributed by atoms with Crippen LogP contribution in [0.3, 0.4) is 0 Å². The van der Waals surface area contributed by atoms with Gasteiger partial charge in [0.2, 0.25) is 17.2 Å². The van der Waals surface area contributed by atoms with Crippen LogP contribution in [0.2, 0.25) is 5.28 Å². The smallest absolute Gasteiger partial charge is 0.233 e. The van der Waals surface area contributed by atoms with Crippen LogP contribution in [0, 0.1) is 5.82 Å². The average Bonchev–Trinajstić information content (AvgIpc) is 2.50. The van der Waals surface area contributed by atoms with Gasteiger partial charge in [0.1, 0.15) is 5.82 Å². The van der Waals surface area contributed by atoms with Crippen LogP contribution < -0.4 is 10.2 Å². The number of piperidine rings is 1. The fourth-order valence-electron chi connectivity index (χ4n) is 2.29. The quantitative estimate of drug-likeness (QED) is 0.942. The van der Waals surface area contributed by atoms with E-state index in [2.05, 4.69) is 25.2 Å². The van der Waals surface area contributed by atoms with E-state index >= 15 is 0 Å². The summed E-state index contributed by atoms with van der Waals surface area (Å²) in [5.74, 6) is 0.657. The van der Waals surface area contributed by atoms with Gasteiger partial charge in [0.15, 0.2) is 0 Å². The zero-order chi connectivity index (χ0) is 14.7. The van der Waals surface area contributed by atoms with Crippen molar-refractivity contribution in [3.05, 3.63) is 35.4 Å². The molecule has 1 N–H and O–H groups in total. The fraction of sp³-hybridized carbons (Fsp3) is 0.357. The lowest BCUT2D eigenvalue weighted by atomic mass is 10.1. The highest BCUT2D eigenvalue weighted by molar-refractivity contribution is 6.28. The third-order valence-corrected chi connectivity index (χ3v) is 3.50. The molecule has 0 saturated carbocycles. The van der Waals surface area contributed by atoms with Crippen LogP contribution in [0.5, 0.6) is 0 Å². The Morgan fingerprint density at radius 2 is 1.71 bits per heavy atom. The molecule has 1 saturated heterocycles. The molecule has 110 valence electrons. The van der Waals surface area contributed by atoms with Crippen LogP contribution in [-0.2, 0) is 0 Å². The number of benzene rings is 1. The first-order chi connectivity index (χ1) is 10.2. The summed E-state index contributed by atoms with van der Waals surface area (Å²) in [7, 11) is 0. The van der Waals surface area contributed by atoms with E-state index in [0.29, 0.717) is 17.6 Å². The Labute approximate surface area is 127 Å². The van der Waals surface area contributed by atoms with E-state index in [0.717, 1.165) is 25.9 Å². The molecule has 2 heterocycles. The first-order valence-corrected chi connectivity index (χ1v) is 7.27. The number of nitrogens with one attached hydrogen (secondary N) is 1. The summed E-state index contributed by atoms with van der Waals surface area (Å²) in [5.41, 5.74) is 0.697. The molecule has 0 amide bonds. The maximum absolute atomic E-state index is 12.9. The Hall–Kier alpha value is -1.95. The van der Waals surface area contributed by atoms with Crippen molar-refractivity contribution in [1.29, 1.82) is 0 Å². The van der Waals surface area contributed by atoms with Crippen molar-refractivity contribution >= 4 is 29.2 Å². The summed E-state index contributed by atoms with van der Waals surface area (Å²) < 4.78 is 12.9. The molecule has 0 unspecified atom stereocenters. The first kappa shape index (κ1) is 14.0. The maximum atomic E-state index is 12.9. The second-order valence-electron chi connectivity index (χ2n) is 4.91. The molecule has 0 spiro atoms. The molecule has 2 aromatic rings. The monoisotopic (exact) mass is 307 g/mol. The highest BCUT2D eigenvalue weighted by atomic mass is 35.5. The number of aromatic nitrogens is 3. The molecule has 1 fully saturated rings. The molecule has 1 aromatic carbocycles. The molecule has 1 aliphatic heterocycles. The number of halogens is 2. The number of hydrogen-bond acceptors (Lipinski definition) is 5.